The quantitative estimate of drug-likeness (QED) is 0.398. The van der Waals surface area contributed by atoms with Gasteiger partial charge in [0.05, 0.1) is 25.0 Å². The number of aliphatic carboxylic acids is 1. The molecule has 1 aromatic carbocycles. The maximum atomic E-state index is 13.5. The van der Waals surface area contributed by atoms with Gasteiger partial charge in [0.2, 0.25) is 15.7 Å². The van der Waals surface area contributed by atoms with E-state index in [1.54, 1.807) is 0 Å². The largest absolute Gasteiger partial charge is 0.493 e. The van der Waals surface area contributed by atoms with Crippen LogP contribution in [0.4, 0.5) is 0 Å². The van der Waals surface area contributed by atoms with E-state index in [9.17, 15) is 18.0 Å². The van der Waals surface area contributed by atoms with Crippen molar-refractivity contribution in [1.82, 2.24) is 5.48 Å². The number of carboxylic acid groups (broad SMARTS) is 1. The van der Waals surface area contributed by atoms with Crippen LogP contribution in [0.3, 0.4) is 0 Å². The van der Waals surface area contributed by atoms with Crippen molar-refractivity contribution < 1.29 is 37.8 Å². The van der Waals surface area contributed by atoms with Gasteiger partial charge in [-0.3, -0.25) is 19.8 Å². The van der Waals surface area contributed by atoms with Crippen molar-refractivity contribution >= 4 is 27.9 Å². The van der Waals surface area contributed by atoms with E-state index >= 15 is 0 Å². The number of hydrogen-bond acceptors (Lipinski definition) is 8. The van der Waals surface area contributed by atoms with Gasteiger partial charge in [0.1, 0.15) is 0 Å². The van der Waals surface area contributed by atoms with Crippen molar-refractivity contribution in [2.24, 2.45) is 10.9 Å². The Morgan fingerprint density at radius 1 is 1.25 bits per heavy atom. The lowest BCUT2D eigenvalue weighted by molar-refractivity contribution is -0.138. The maximum Gasteiger partial charge on any atom is 0.303 e. The molecule has 11 heteroatoms. The van der Waals surface area contributed by atoms with Crippen LogP contribution in [0.2, 0.25) is 0 Å². The second kappa shape index (κ2) is 8.40. The summed E-state index contributed by atoms with van der Waals surface area (Å²) in [5, 5.41) is 18.0. The molecule has 0 saturated heterocycles. The number of allylic oxidation sites excluding steroid dienone is 1. The lowest BCUT2D eigenvalue weighted by Gasteiger charge is -2.31. The minimum atomic E-state index is -4.35. The number of hydrogen-bond donors (Lipinski definition) is 3. The van der Waals surface area contributed by atoms with Gasteiger partial charge in [-0.25, -0.2) is 13.9 Å². The van der Waals surface area contributed by atoms with Gasteiger partial charge in [-0.2, -0.15) is 0 Å². The van der Waals surface area contributed by atoms with E-state index in [2.05, 4.69) is 4.99 Å². The average molecular weight is 412 g/mol. The number of methoxy groups -OCH3 is 2. The van der Waals surface area contributed by atoms with Crippen LogP contribution in [-0.2, 0) is 19.4 Å². The number of carbonyl (C=O) groups excluding carboxylic acids is 1. The van der Waals surface area contributed by atoms with Gasteiger partial charge >= 0.3 is 5.97 Å². The third-order valence-electron chi connectivity index (χ3n) is 4.37. The fourth-order valence-electron chi connectivity index (χ4n) is 2.98. The number of nitrogens with zero attached hydrogens (tertiary/aromatic N) is 1. The first-order valence-electron chi connectivity index (χ1n) is 8.09. The molecule has 0 bridgehead atoms. The first kappa shape index (κ1) is 21.4. The van der Waals surface area contributed by atoms with Gasteiger partial charge in [-0.1, -0.05) is 0 Å². The fraction of sp³-hybridized carbons (Fsp3) is 0.353. The van der Waals surface area contributed by atoms with Gasteiger partial charge in [0.25, 0.3) is 0 Å². The van der Waals surface area contributed by atoms with Gasteiger partial charge in [0, 0.05) is 18.7 Å². The van der Waals surface area contributed by atoms with E-state index in [0.29, 0.717) is 5.75 Å². The Bertz CT molecular complexity index is 911. The second-order valence-corrected chi connectivity index (χ2v) is 8.00. The molecule has 10 nitrogen and oxygen atoms in total. The van der Waals surface area contributed by atoms with Crippen LogP contribution in [0.5, 0.6) is 11.5 Å². The van der Waals surface area contributed by atoms with Crippen LogP contribution < -0.4 is 15.0 Å². The molecule has 0 radical (unpaired) electrons. The molecule has 0 aliphatic carbocycles. The Balaban J connectivity index is 2.62. The zero-order chi connectivity index (χ0) is 20.9. The van der Waals surface area contributed by atoms with E-state index in [-0.39, 0.29) is 17.1 Å². The first-order valence-corrected chi connectivity index (χ1v) is 9.57. The number of benzene rings is 1. The first-order chi connectivity index (χ1) is 13.2. The lowest BCUT2D eigenvalue weighted by atomic mass is 9.93. The summed E-state index contributed by atoms with van der Waals surface area (Å²) in [6, 6.07) is 3.88. The molecule has 3 N–H and O–H groups in total. The maximum absolute atomic E-state index is 13.5. The molecule has 0 fully saturated rings. The Hall–Kier alpha value is -2.92. The van der Waals surface area contributed by atoms with Gasteiger partial charge in [0.15, 0.2) is 16.4 Å². The number of amides is 1. The minimum Gasteiger partial charge on any atom is -0.493 e. The van der Waals surface area contributed by atoms with Crippen LogP contribution in [-0.4, -0.2) is 55.9 Å². The van der Waals surface area contributed by atoms with Crippen molar-refractivity contribution in [3.05, 3.63) is 30.4 Å². The Kier molecular flexibility index (Phi) is 6.41. The van der Waals surface area contributed by atoms with E-state index in [4.69, 9.17) is 19.8 Å². The third-order valence-corrected chi connectivity index (χ3v) is 6.63. The highest BCUT2D eigenvalue weighted by Gasteiger charge is 2.53. The van der Waals surface area contributed by atoms with Crippen LogP contribution in [0, 0.1) is 5.92 Å². The number of hydroxylamine groups is 1. The van der Waals surface area contributed by atoms with Crippen molar-refractivity contribution in [3.8, 4) is 11.5 Å². The van der Waals surface area contributed by atoms with Crippen molar-refractivity contribution in [3.63, 3.8) is 0 Å². The van der Waals surface area contributed by atoms with Crippen LogP contribution in [0.1, 0.15) is 12.8 Å². The molecular formula is C17H20N2O8S. The fourth-order valence-corrected chi connectivity index (χ4v) is 4.92. The van der Waals surface area contributed by atoms with Gasteiger partial charge in [-0.05, 0) is 30.7 Å². The number of aliphatic imine (C=N–C) groups is 1. The summed E-state index contributed by atoms with van der Waals surface area (Å²) in [6.45, 7) is 0. The van der Waals surface area contributed by atoms with Crippen molar-refractivity contribution in [2.75, 3.05) is 14.2 Å². The molecule has 1 aliphatic heterocycles. The molecule has 28 heavy (non-hydrogen) atoms. The Labute approximate surface area is 161 Å². The summed E-state index contributed by atoms with van der Waals surface area (Å²) in [5.41, 5.74) is 1.41. The molecule has 2 rings (SSSR count). The van der Waals surface area contributed by atoms with E-state index in [1.165, 1.54) is 56.3 Å². The van der Waals surface area contributed by atoms with Gasteiger partial charge < -0.3 is 14.6 Å². The molecule has 2 atom stereocenters. The number of ether oxygens (including phenoxy) is 2. The molecular weight excluding hydrogens is 392 g/mol. The summed E-state index contributed by atoms with van der Waals surface area (Å²) in [6.07, 6.45) is 2.88. The monoisotopic (exact) mass is 412 g/mol. The minimum absolute atomic E-state index is 0.151. The molecule has 2 unspecified atom stereocenters. The topological polar surface area (TPSA) is 152 Å². The highest BCUT2D eigenvalue weighted by Crippen LogP contribution is 2.41. The average Bonchev–Trinajstić information content (AvgIpc) is 3.18. The molecule has 1 amide bonds. The second-order valence-electron chi connectivity index (χ2n) is 5.87. The normalized spacial score (nSPS) is 19.2. The summed E-state index contributed by atoms with van der Waals surface area (Å²) in [7, 11) is -1.61. The number of sulfone groups is 1. The van der Waals surface area contributed by atoms with Crippen molar-refractivity contribution in [1.29, 1.82) is 0 Å². The summed E-state index contributed by atoms with van der Waals surface area (Å²) >= 11 is 0. The van der Waals surface area contributed by atoms with Crippen LogP contribution in [0.15, 0.2) is 40.2 Å². The molecule has 0 saturated carbocycles. The molecule has 152 valence electrons. The van der Waals surface area contributed by atoms with Crippen LogP contribution >= 0.6 is 0 Å². The lowest BCUT2D eigenvalue weighted by Crippen LogP contribution is -2.48. The zero-order valence-electron chi connectivity index (χ0n) is 15.2. The molecule has 1 aliphatic rings. The number of carboxylic acids is 1. The summed E-state index contributed by atoms with van der Waals surface area (Å²) in [5.74, 6) is -3.31. The molecule has 1 aromatic rings. The Morgan fingerprint density at radius 2 is 1.93 bits per heavy atom. The third kappa shape index (κ3) is 3.71. The summed E-state index contributed by atoms with van der Waals surface area (Å²) < 4.78 is 37.1. The SMILES string of the molecule is COc1ccc(S(=O)(=O)C2(C(CCC(=O)O)C(=O)NO)C=CC=N2)cc1OC. The van der Waals surface area contributed by atoms with Crippen molar-refractivity contribution in [2.45, 2.75) is 22.6 Å². The number of nitrogens with one attached hydrogen (secondary N) is 1. The van der Waals surface area contributed by atoms with E-state index < -0.39 is 38.9 Å². The molecule has 0 spiro atoms. The summed E-state index contributed by atoms with van der Waals surface area (Å²) in [4.78, 5) is 24.9. The number of carbonyl (C=O) groups is 2. The van der Waals surface area contributed by atoms with E-state index in [1.807, 2.05) is 0 Å². The predicted molar refractivity (Wildman–Crippen MR) is 97.4 cm³/mol. The van der Waals surface area contributed by atoms with E-state index in [0.717, 1.165) is 0 Å². The molecule has 0 aromatic heterocycles. The standard InChI is InChI=1S/C17H20N2O8S/c1-26-13-6-4-11(10-14(13)27-2)28(24,25)17(8-3-9-18-17)12(16(22)19-23)5-7-15(20)21/h3-4,6,8-10,12,23H,5,7H2,1-2H3,(H,19,22)(H,20,21). The Morgan fingerprint density at radius 3 is 2.43 bits per heavy atom. The smallest absolute Gasteiger partial charge is 0.303 e. The predicted octanol–water partition coefficient (Wildman–Crippen LogP) is 0.801. The zero-order valence-corrected chi connectivity index (χ0v) is 16.0. The molecule has 1 heterocycles. The highest BCUT2D eigenvalue weighted by atomic mass is 32.2. The highest BCUT2D eigenvalue weighted by molar-refractivity contribution is 7.93. The van der Waals surface area contributed by atoms with Crippen LogP contribution in [0.25, 0.3) is 0 Å². The van der Waals surface area contributed by atoms with Gasteiger partial charge in [-0.15, -0.1) is 0 Å². The number of rotatable bonds is 9.